The molecule has 0 spiro atoms. The van der Waals surface area contributed by atoms with Crippen LogP contribution in [0.4, 0.5) is 10.5 Å². The summed E-state index contributed by atoms with van der Waals surface area (Å²) in [4.78, 5) is 31.3. The molecule has 3 aliphatic rings. The maximum atomic E-state index is 12.9. The average molecular weight is 703 g/mol. The number of rotatable bonds is 14. The lowest BCUT2D eigenvalue weighted by molar-refractivity contribution is 0.0837. The van der Waals surface area contributed by atoms with Crippen molar-refractivity contribution in [2.75, 3.05) is 44.2 Å². The SMILES string of the molecule is O=C(O)N(c1cc(CCCOc2cccc(CCNC[C@H](O)c3ccc(O)c4[nH]c(=O)ccc34)c2)ccc1-c1ccccc1)C1CN2CCC1CC2. The van der Waals surface area contributed by atoms with Crippen LogP contribution in [0.3, 0.4) is 0 Å². The molecule has 1 amide bonds. The maximum Gasteiger partial charge on any atom is 0.412 e. The van der Waals surface area contributed by atoms with Crippen LogP contribution < -0.4 is 20.5 Å². The third-order valence-electron chi connectivity index (χ3n) is 10.5. The van der Waals surface area contributed by atoms with Gasteiger partial charge >= 0.3 is 6.09 Å². The molecule has 3 fully saturated rings. The number of phenolic OH excluding ortho intramolecular Hbond substituents is 1. The first kappa shape index (κ1) is 35.3. The van der Waals surface area contributed by atoms with Crippen LogP contribution in [-0.4, -0.2) is 76.7 Å². The lowest BCUT2D eigenvalue weighted by Gasteiger charge is -2.48. The summed E-state index contributed by atoms with van der Waals surface area (Å²) in [7, 11) is 0. The second-order valence-corrected chi connectivity index (χ2v) is 13.9. The monoisotopic (exact) mass is 702 g/mol. The highest BCUT2D eigenvalue weighted by Gasteiger charge is 2.40. The molecule has 0 saturated carbocycles. The molecule has 3 aliphatic heterocycles. The fourth-order valence-corrected chi connectivity index (χ4v) is 7.83. The lowest BCUT2D eigenvalue weighted by atomic mass is 9.82. The molecule has 10 nitrogen and oxygen atoms in total. The van der Waals surface area contributed by atoms with Gasteiger partial charge in [-0.1, -0.05) is 60.7 Å². The minimum absolute atomic E-state index is 0.0349. The molecule has 3 saturated heterocycles. The number of pyridine rings is 1. The van der Waals surface area contributed by atoms with Gasteiger partial charge in [0.2, 0.25) is 5.56 Å². The zero-order valence-electron chi connectivity index (χ0n) is 29.2. The molecular formula is C42H46N4O6. The van der Waals surface area contributed by atoms with Gasteiger partial charge in [0.1, 0.15) is 11.5 Å². The van der Waals surface area contributed by atoms with Crippen molar-refractivity contribution >= 4 is 22.7 Å². The lowest BCUT2D eigenvalue weighted by Crippen LogP contribution is -2.59. The summed E-state index contributed by atoms with van der Waals surface area (Å²) in [5.74, 6) is 1.13. The molecule has 2 atom stereocenters. The van der Waals surface area contributed by atoms with E-state index in [0.717, 1.165) is 85.4 Å². The third kappa shape index (κ3) is 7.99. The number of aryl methyl sites for hydroxylation is 1. The van der Waals surface area contributed by atoms with Crippen LogP contribution in [0, 0.1) is 5.92 Å². The smallest absolute Gasteiger partial charge is 0.412 e. The Morgan fingerprint density at radius 1 is 0.942 bits per heavy atom. The summed E-state index contributed by atoms with van der Waals surface area (Å²) < 4.78 is 6.15. The Hall–Kier alpha value is -5.16. The van der Waals surface area contributed by atoms with Crippen LogP contribution in [0.25, 0.3) is 22.0 Å². The summed E-state index contributed by atoms with van der Waals surface area (Å²) in [6.45, 7) is 4.36. The van der Waals surface area contributed by atoms with Crippen LogP contribution in [-0.2, 0) is 12.8 Å². The number of carboxylic acid groups (broad SMARTS) is 1. The Kier molecular flexibility index (Phi) is 10.9. The zero-order valence-corrected chi connectivity index (χ0v) is 29.2. The third-order valence-corrected chi connectivity index (χ3v) is 10.5. The molecule has 52 heavy (non-hydrogen) atoms. The number of phenols is 1. The number of piperidine rings is 3. The molecule has 1 aromatic heterocycles. The van der Waals surface area contributed by atoms with E-state index in [9.17, 15) is 24.9 Å². The summed E-state index contributed by atoms with van der Waals surface area (Å²) in [6.07, 6.45) is 2.64. The number of aliphatic hydroxyl groups is 1. The van der Waals surface area contributed by atoms with Crippen molar-refractivity contribution in [2.24, 2.45) is 5.92 Å². The van der Waals surface area contributed by atoms with E-state index >= 15 is 0 Å². The number of aliphatic hydroxyl groups excluding tert-OH is 1. The van der Waals surface area contributed by atoms with Gasteiger partial charge < -0.3 is 35.3 Å². The van der Waals surface area contributed by atoms with Crippen molar-refractivity contribution in [2.45, 2.75) is 44.2 Å². The molecule has 1 unspecified atom stereocenters. The average Bonchev–Trinajstić information content (AvgIpc) is 3.16. The highest BCUT2D eigenvalue weighted by Crippen LogP contribution is 2.39. The molecule has 0 radical (unpaired) electrons. The fraction of sp³-hybridized carbons (Fsp3) is 0.333. The standard InChI is InChI=1S/C42H46N4O6/c47-38-15-13-34(35-14-16-40(49)44-41(35)38)39(48)26-43-20-17-29-6-4-10-32(24-29)52-23-5-7-28-11-12-33(30-8-2-1-3-9-30)36(25-28)46(42(50)51)37-27-45-21-18-31(37)19-22-45/h1-4,6,8-16,24-25,31,37,39,43,47-48H,5,7,17-23,26-27H2,(H,44,49)(H,50,51)/t37?,39-/m0/s1. The summed E-state index contributed by atoms with van der Waals surface area (Å²) in [6, 6.07) is 30.4. The number of hydrogen-bond acceptors (Lipinski definition) is 7. The van der Waals surface area contributed by atoms with Crippen molar-refractivity contribution < 1.29 is 24.9 Å². The highest BCUT2D eigenvalue weighted by molar-refractivity contribution is 5.94. The van der Waals surface area contributed by atoms with Gasteiger partial charge in [0, 0.05) is 30.1 Å². The second kappa shape index (κ2) is 16.0. The quantitative estimate of drug-likeness (QED) is 0.0844. The Labute approximate surface area is 303 Å². The number of nitrogens with zero attached hydrogens (tertiary/aromatic N) is 2. The Morgan fingerprint density at radius 2 is 1.75 bits per heavy atom. The number of nitrogens with one attached hydrogen (secondary N) is 2. The van der Waals surface area contributed by atoms with Crippen molar-refractivity contribution in [1.29, 1.82) is 0 Å². The first-order valence-electron chi connectivity index (χ1n) is 18.2. The number of anilines is 1. The molecule has 10 heteroatoms. The van der Waals surface area contributed by atoms with Crippen LogP contribution in [0.15, 0.2) is 102 Å². The summed E-state index contributed by atoms with van der Waals surface area (Å²) in [5.41, 5.74) is 5.53. The second-order valence-electron chi connectivity index (χ2n) is 13.9. The maximum absolute atomic E-state index is 12.9. The molecule has 8 rings (SSSR count). The predicted molar refractivity (Wildman–Crippen MR) is 203 cm³/mol. The molecule has 5 aromatic rings. The number of carbonyl (C=O) groups is 1. The normalized spacial score (nSPS) is 18.7. The zero-order chi connectivity index (χ0) is 36.0. The van der Waals surface area contributed by atoms with Crippen molar-refractivity contribution in [3.63, 3.8) is 0 Å². The Balaban J connectivity index is 0.941. The molecule has 4 heterocycles. The Morgan fingerprint density at radius 3 is 2.52 bits per heavy atom. The highest BCUT2D eigenvalue weighted by atomic mass is 16.5. The van der Waals surface area contributed by atoms with Gasteiger partial charge in [0.05, 0.1) is 30.0 Å². The molecule has 2 bridgehead atoms. The van der Waals surface area contributed by atoms with E-state index in [1.54, 1.807) is 17.0 Å². The van der Waals surface area contributed by atoms with Crippen LogP contribution in [0.1, 0.15) is 42.1 Å². The van der Waals surface area contributed by atoms with Gasteiger partial charge in [-0.25, -0.2) is 4.79 Å². The van der Waals surface area contributed by atoms with Gasteiger partial charge in [0.25, 0.3) is 0 Å². The van der Waals surface area contributed by atoms with Crippen molar-refractivity contribution in [1.82, 2.24) is 15.2 Å². The number of ether oxygens (including phenoxy) is 1. The topological polar surface area (TPSA) is 138 Å². The van der Waals surface area contributed by atoms with E-state index in [1.807, 2.05) is 54.6 Å². The first-order chi connectivity index (χ1) is 25.3. The number of aromatic nitrogens is 1. The number of H-pyrrole nitrogens is 1. The largest absolute Gasteiger partial charge is 0.506 e. The van der Waals surface area contributed by atoms with Gasteiger partial charge in [-0.3, -0.25) is 9.69 Å². The molecule has 0 aliphatic carbocycles. The first-order valence-corrected chi connectivity index (χ1v) is 18.2. The summed E-state index contributed by atoms with van der Waals surface area (Å²) in [5, 5.41) is 35.5. The van der Waals surface area contributed by atoms with E-state index in [0.29, 0.717) is 42.1 Å². The number of fused-ring (bicyclic) bond motifs is 4. The van der Waals surface area contributed by atoms with E-state index in [2.05, 4.69) is 33.4 Å². The van der Waals surface area contributed by atoms with E-state index in [1.165, 1.54) is 12.1 Å². The van der Waals surface area contributed by atoms with Gasteiger partial charge in [-0.2, -0.15) is 0 Å². The molecule has 4 aromatic carbocycles. The predicted octanol–water partition coefficient (Wildman–Crippen LogP) is 6.36. The summed E-state index contributed by atoms with van der Waals surface area (Å²) >= 11 is 0. The number of aromatic hydroxyl groups is 1. The number of aromatic amines is 1. The fourth-order valence-electron chi connectivity index (χ4n) is 7.83. The number of hydrogen-bond donors (Lipinski definition) is 5. The van der Waals surface area contributed by atoms with Crippen molar-refractivity contribution in [3.8, 4) is 22.6 Å². The molecule has 270 valence electrons. The Bertz CT molecular complexity index is 2060. The van der Waals surface area contributed by atoms with Gasteiger partial charge in [-0.05, 0) is 110 Å². The van der Waals surface area contributed by atoms with Crippen LogP contribution in [0.2, 0.25) is 0 Å². The van der Waals surface area contributed by atoms with E-state index in [4.69, 9.17) is 4.74 Å². The molecule has 5 N–H and O–H groups in total. The van der Waals surface area contributed by atoms with Gasteiger partial charge in [0.15, 0.2) is 0 Å². The van der Waals surface area contributed by atoms with Crippen molar-refractivity contribution in [3.05, 3.63) is 124 Å². The van der Waals surface area contributed by atoms with E-state index < -0.39 is 12.2 Å². The van der Waals surface area contributed by atoms with Crippen LogP contribution >= 0.6 is 0 Å². The van der Waals surface area contributed by atoms with Gasteiger partial charge in [-0.15, -0.1) is 0 Å². The van der Waals surface area contributed by atoms with E-state index in [-0.39, 0.29) is 17.4 Å². The van der Waals surface area contributed by atoms with Crippen LogP contribution in [0.5, 0.6) is 11.5 Å². The molecular weight excluding hydrogens is 656 g/mol. The minimum atomic E-state index is -0.896. The number of amides is 1. The minimum Gasteiger partial charge on any atom is -0.506 e. The number of benzene rings is 4.